The molecule has 0 spiro atoms. The zero-order chi connectivity index (χ0) is 25.2. The Hall–Kier alpha value is -3.35. The summed E-state index contributed by atoms with van der Waals surface area (Å²) >= 11 is 0. The lowest BCUT2D eigenvalue weighted by molar-refractivity contribution is -0.161. The Labute approximate surface area is 217 Å². The molecule has 5 aliphatic rings. The molecule has 192 valence electrons. The van der Waals surface area contributed by atoms with E-state index in [9.17, 15) is 9.59 Å². The van der Waals surface area contributed by atoms with Gasteiger partial charge in [-0.25, -0.2) is 4.98 Å². The number of nitrogens with zero attached hydrogens (tertiary/aromatic N) is 3. The average Bonchev–Trinajstić information content (AvgIpc) is 3.40. The van der Waals surface area contributed by atoms with E-state index in [-0.39, 0.29) is 16.7 Å². The highest BCUT2D eigenvalue weighted by Gasteiger charge is 2.61. The largest absolute Gasteiger partial charge is 0.497 e. The fourth-order valence-electron chi connectivity index (χ4n) is 8.49. The number of aromatic nitrogens is 2. The first kappa shape index (κ1) is 22.8. The minimum Gasteiger partial charge on any atom is -0.497 e. The summed E-state index contributed by atoms with van der Waals surface area (Å²) in [6.07, 6.45) is 8.35. The van der Waals surface area contributed by atoms with E-state index < -0.39 is 0 Å². The minimum absolute atomic E-state index is 0.0249. The lowest BCUT2D eigenvalue weighted by atomic mass is 9.42. The molecule has 7 nitrogen and oxygen atoms in total. The van der Waals surface area contributed by atoms with Crippen molar-refractivity contribution in [2.75, 3.05) is 33.3 Å². The Morgan fingerprint density at radius 1 is 0.946 bits per heavy atom. The molecule has 4 aliphatic carbocycles. The monoisotopic (exact) mass is 498 g/mol. The molecule has 1 N–H and O–H groups in total. The van der Waals surface area contributed by atoms with Crippen LogP contribution in [0.25, 0.3) is 11.0 Å². The molecule has 2 amide bonds. The highest BCUT2D eigenvalue weighted by atomic mass is 16.5. The molecule has 4 bridgehead atoms. The second-order valence-electron chi connectivity index (χ2n) is 12.0. The van der Waals surface area contributed by atoms with Crippen molar-refractivity contribution in [1.82, 2.24) is 19.8 Å². The maximum absolute atomic E-state index is 14.2. The summed E-state index contributed by atoms with van der Waals surface area (Å²) in [5.74, 6) is 2.51. The van der Waals surface area contributed by atoms with E-state index in [0.717, 1.165) is 36.0 Å². The minimum atomic E-state index is -0.248. The third-order valence-corrected chi connectivity index (χ3v) is 9.74. The number of methoxy groups -OCH3 is 1. The molecule has 4 saturated carbocycles. The Morgan fingerprint density at radius 3 is 2.35 bits per heavy atom. The first-order chi connectivity index (χ1) is 18.0. The van der Waals surface area contributed by atoms with Gasteiger partial charge in [0.05, 0.1) is 29.9 Å². The fourth-order valence-corrected chi connectivity index (χ4v) is 8.49. The molecule has 3 aromatic rings. The van der Waals surface area contributed by atoms with Crippen molar-refractivity contribution >= 4 is 22.8 Å². The Balaban J connectivity index is 1.07. The normalized spacial score (nSPS) is 30.6. The SMILES string of the molecule is COc1ccc(C23CC4CC(CC(C(=O)N5CCN(C(=O)c6ccc7nc[nH]c7c6)CC5)(C4)C2)C3)cc1. The van der Waals surface area contributed by atoms with E-state index in [1.54, 1.807) is 13.4 Å². The molecular formula is C30H34N4O3. The van der Waals surface area contributed by atoms with Gasteiger partial charge in [-0.2, -0.15) is 0 Å². The lowest BCUT2D eigenvalue weighted by Gasteiger charge is -2.62. The number of amides is 2. The lowest BCUT2D eigenvalue weighted by Crippen LogP contribution is -2.61. The quantitative estimate of drug-likeness (QED) is 0.579. The molecule has 2 heterocycles. The molecule has 1 saturated heterocycles. The fraction of sp³-hybridized carbons (Fsp3) is 0.500. The number of hydrogen-bond donors (Lipinski definition) is 1. The van der Waals surface area contributed by atoms with Crippen LogP contribution in [0.15, 0.2) is 48.8 Å². The zero-order valence-corrected chi connectivity index (χ0v) is 21.4. The van der Waals surface area contributed by atoms with E-state index >= 15 is 0 Å². The number of nitrogens with one attached hydrogen (secondary N) is 1. The summed E-state index contributed by atoms with van der Waals surface area (Å²) in [5.41, 5.74) is 3.63. The van der Waals surface area contributed by atoms with Crippen molar-refractivity contribution in [3.05, 3.63) is 59.9 Å². The highest BCUT2D eigenvalue weighted by molar-refractivity contribution is 5.97. The van der Waals surface area contributed by atoms with Crippen LogP contribution in [-0.2, 0) is 10.2 Å². The van der Waals surface area contributed by atoms with Crippen LogP contribution in [0.2, 0.25) is 0 Å². The Morgan fingerprint density at radius 2 is 1.65 bits per heavy atom. The van der Waals surface area contributed by atoms with Crippen molar-refractivity contribution < 1.29 is 14.3 Å². The number of aromatic amines is 1. The predicted molar refractivity (Wildman–Crippen MR) is 140 cm³/mol. The smallest absolute Gasteiger partial charge is 0.254 e. The Kier molecular flexibility index (Phi) is 5.14. The number of fused-ring (bicyclic) bond motifs is 1. The van der Waals surface area contributed by atoms with E-state index in [4.69, 9.17) is 4.74 Å². The molecule has 2 unspecified atom stereocenters. The van der Waals surface area contributed by atoms with Crippen LogP contribution in [0.1, 0.15) is 54.4 Å². The van der Waals surface area contributed by atoms with Gasteiger partial charge in [0.25, 0.3) is 5.91 Å². The molecule has 0 radical (unpaired) electrons. The van der Waals surface area contributed by atoms with Crippen molar-refractivity contribution in [2.45, 2.75) is 43.9 Å². The van der Waals surface area contributed by atoms with E-state index in [0.29, 0.717) is 49.5 Å². The number of piperazine rings is 1. The van der Waals surface area contributed by atoms with E-state index in [2.05, 4.69) is 39.1 Å². The van der Waals surface area contributed by atoms with E-state index in [1.165, 1.54) is 24.8 Å². The molecule has 1 aromatic heterocycles. The number of hydrogen-bond acceptors (Lipinski definition) is 4. The molecular weight excluding hydrogens is 464 g/mol. The Bertz CT molecular complexity index is 1340. The van der Waals surface area contributed by atoms with Crippen molar-refractivity contribution in [2.24, 2.45) is 17.3 Å². The van der Waals surface area contributed by atoms with Gasteiger partial charge >= 0.3 is 0 Å². The number of H-pyrrole nitrogens is 1. The van der Waals surface area contributed by atoms with Gasteiger partial charge in [0, 0.05) is 31.7 Å². The van der Waals surface area contributed by atoms with Gasteiger partial charge in [0.15, 0.2) is 0 Å². The van der Waals surface area contributed by atoms with Gasteiger partial charge in [-0.05, 0) is 91.7 Å². The summed E-state index contributed by atoms with van der Waals surface area (Å²) in [7, 11) is 1.71. The molecule has 5 fully saturated rings. The standard InChI is InChI=1S/C30H34N4O3/c1-37-24-5-3-23(4-6-24)29-14-20-12-21(15-29)17-30(16-20,18-29)28(36)34-10-8-33(9-11-34)27(35)22-2-7-25-26(13-22)32-19-31-25/h2-7,13,19-21H,8-12,14-18H2,1H3,(H,31,32). The van der Waals surface area contributed by atoms with E-state index in [1.807, 2.05) is 23.1 Å². The van der Waals surface area contributed by atoms with Crippen molar-refractivity contribution in [3.8, 4) is 5.75 Å². The summed E-state index contributed by atoms with van der Waals surface area (Å²) in [5, 5.41) is 0. The molecule has 2 aromatic carbocycles. The summed E-state index contributed by atoms with van der Waals surface area (Å²) in [6, 6.07) is 14.2. The number of rotatable bonds is 4. The van der Waals surface area contributed by atoms with Gasteiger partial charge in [-0.3, -0.25) is 9.59 Å². The van der Waals surface area contributed by atoms with Crippen LogP contribution in [0.4, 0.5) is 0 Å². The summed E-state index contributed by atoms with van der Waals surface area (Å²) < 4.78 is 5.40. The number of imidazole rings is 1. The maximum atomic E-state index is 14.2. The van der Waals surface area contributed by atoms with Crippen molar-refractivity contribution in [3.63, 3.8) is 0 Å². The summed E-state index contributed by atoms with van der Waals surface area (Å²) in [4.78, 5) is 38.6. The zero-order valence-electron chi connectivity index (χ0n) is 21.4. The van der Waals surface area contributed by atoms with Crippen LogP contribution >= 0.6 is 0 Å². The third kappa shape index (κ3) is 3.65. The second kappa shape index (κ2) is 8.33. The number of ether oxygens (including phenoxy) is 1. The van der Waals surface area contributed by atoms with Gasteiger partial charge in [-0.15, -0.1) is 0 Å². The number of carbonyl (C=O) groups is 2. The van der Waals surface area contributed by atoms with Crippen LogP contribution < -0.4 is 4.74 Å². The van der Waals surface area contributed by atoms with Crippen LogP contribution in [0, 0.1) is 17.3 Å². The molecule has 1 aliphatic heterocycles. The van der Waals surface area contributed by atoms with Gasteiger partial charge in [-0.1, -0.05) is 12.1 Å². The molecule has 7 heteroatoms. The highest BCUT2D eigenvalue weighted by Crippen LogP contribution is 2.66. The second-order valence-corrected chi connectivity index (χ2v) is 12.0. The maximum Gasteiger partial charge on any atom is 0.254 e. The van der Waals surface area contributed by atoms with Gasteiger partial charge < -0.3 is 19.5 Å². The predicted octanol–water partition coefficient (Wildman–Crippen LogP) is 4.39. The molecule has 37 heavy (non-hydrogen) atoms. The van der Waals surface area contributed by atoms with Crippen molar-refractivity contribution in [1.29, 1.82) is 0 Å². The van der Waals surface area contributed by atoms with Gasteiger partial charge in [0.2, 0.25) is 5.91 Å². The van der Waals surface area contributed by atoms with Crippen LogP contribution in [0.3, 0.4) is 0 Å². The molecule has 8 rings (SSSR count). The van der Waals surface area contributed by atoms with Gasteiger partial charge in [0.1, 0.15) is 5.75 Å². The average molecular weight is 499 g/mol. The number of carbonyl (C=O) groups excluding carboxylic acids is 2. The molecule has 2 atom stereocenters. The third-order valence-electron chi connectivity index (χ3n) is 9.74. The number of benzene rings is 2. The van der Waals surface area contributed by atoms with Crippen LogP contribution in [0.5, 0.6) is 5.75 Å². The summed E-state index contributed by atoms with van der Waals surface area (Å²) in [6.45, 7) is 2.39. The first-order valence-corrected chi connectivity index (χ1v) is 13.6. The topological polar surface area (TPSA) is 78.5 Å². The first-order valence-electron chi connectivity index (χ1n) is 13.6. The van der Waals surface area contributed by atoms with Crippen LogP contribution in [-0.4, -0.2) is 64.9 Å².